The number of nitrogens with one attached hydrogen (secondary N) is 1. The topological polar surface area (TPSA) is 90.0 Å². The molecule has 10 heteroatoms. The van der Waals surface area contributed by atoms with Crippen LogP contribution in [0.5, 0.6) is 0 Å². The maximum Gasteiger partial charge on any atom is 0.232 e. The molecule has 4 heterocycles. The van der Waals surface area contributed by atoms with Gasteiger partial charge in [0.15, 0.2) is 16.6 Å². The molecule has 1 aliphatic carbocycles. The zero-order valence-corrected chi connectivity index (χ0v) is 17.7. The molecule has 0 bridgehead atoms. The van der Waals surface area contributed by atoms with Crippen molar-refractivity contribution < 1.29 is 4.79 Å². The first-order valence-corrected chi connectivity index (χ1v) is 10.1. The SMILES string of the molecule is CC1(C)CC(C(=O)Nc2cnc(-n3cccn3)c(Cl)c2)c2cnc3cc(Cl)nn3c21. The van der Waals surface area contributed by atoms with Gasteiger partial charge in [0.05, 0.1) is 28.5 Å². The van der Waals surface area contributed by atoms with Crippen molar-refractivity contribution in [3.8, 4) is 5.82 Å². The molecule has 4 aromatic heterocycles. The van der Waals surface area contributed by atoms with Crippen LogP contribution in [-0.4, -0.2) is 35.3 Å². The Hall–Kier alpha value is -2.97. The molecule has 1 aliphatic rings. The number of fused-ring (bicyclic) bond motifs is 3. The highest BCUT2D eigenvalue weighted by Crippen LogP contribution is 2.46. The number of pyridine rings is 1. The molecule has 4 aromatic rings. The van der Waals surface area contributed by atoms with Gasteiger partial charge in [0.2, 0.25) is 5.91 Å². The van der Waals surface area contributed by atoms with Crippen molar-refractivity contribution in [2.45, 2.75) is 31.6 Å². The summed E-state index contributed by atoms with van der Waals surface area (Å²) in [7, 11) is 0. The second kappa shape index (κ2) is 6.78. The van der Waals surface area contributed by atoms with Gasteiger partial charge in [-0.25, -0.2) is 19.2 Å². The quantitative estimate of drug-likeness (QED) is 0.518. The molecule has 1 N–H and O–H groups in total. The minimum Gasteiger partial charge on any atom is -0.324 e. The summed E-state index contributed by atoms with van der Waals surface area (Å²) in [6.07, 6.45) is 7.33. The monoisotopic (exact) mass is 441 g/mol. The van der Waals surface area contributed by atoms with E-state index in [2.05, 4.69) is 39.3 Å². The lowest BCUT2D eigenvalue weighted by molar-refractivity contribution is -0.117. The van der Waals surface area contributed by atoms with Crippen LogP contribution in [0, 0.1) is 0 Å². The van der Waals surface area contributed by atoms with Gasteiger partial charge in [-0.05, 0) is 18.6 Å². The molecule has 8 nitrogen and oxygen atoms in total. The van der Waals surface area contributed by atoms with Crippen molar-refractivity contribution in [3.63, 3.8) is 0 Å². The molecular weight excluding hydrogens is 425 g/mol. The van der Waals surface area contributed by atoms with Gasteiger partial charge in [-0.1, -0.05) is 37.0 Å². The molecule has 1 atom stereocenters. The van der Waals surface area contributed by atoms with Crippen LogP contribution >= 0.6 is 23.2 Å². The van der Waals surface area contributed by atoms with Crippen molar-refractivity contribution in [1.82, 2.24) is 29.4 Å². The van der Waals surface area contributed by atoms with Crippen LogP contribution in [0.25, 0.3) is 11.5 Å². The minimum atomic E-state index is -0.376. The Labute approximate surface area is 181 Å². The molecule has 0 aromatic carbocycles. The normalized spacial score (nSPS) is 17.3. The number of hydrogen-bond acceptors (Lipinski definition) is 5. The molecule has 30 heavy (non-hydrogen) atoms. The highest BCUT2D eigenvalue weighted by molar-refractivity contribution is 6.32. The van der Waals surface area contributed by atoms with E-state index in [0.29, 0.717) is 33.7 Å². The fourth-order valence-electron chi connectivity index (χ4n) is 4.09. The van der Waals surface area contributed by atoms with Gasteiger partial charge in [-0.3, -0.25) is 4.79 Å². The molecule has 0 fully saturated rings. The van der Waals surface area contributed by atoms with Gasteiger partial charge < -0.3 is 5.32 Å². The van der Waals surface area contributed by atoms with Crippen molar-refractivity contribution in [3.05, 3.63) is 64.4 Å². The third-order valence-electron chi connectivity index (χ3n) is 5.34. The average Bonchev–Trinajstić information content (AvgIpc) is 3.39. The number of aromatic nitrogens is 6. The molecule has 0 spiro atoms. The van der Waals surface area contributed by atoms with Gasteiger partial charge in [-0.2, -0.15) is 10.2 Å². The smallest absolute Gasteiger partial charge is 0.232 e. The fraction of sp³-hybridized carbons (Fsp3) is 0.250. The van der Waals surface area contributed by atoms with Crippen LogP contribution < -0.4 is 5.32 Å². The number of rotatable bonds is 3. The van der Waals surface area contributed by atoms with Crippen LogP contribution in [0.2, 0.25) is 10.2 Å². The van der Waals surface area contributed by atoms with E-state index in [1.165, 1.54) is 0 Å². The average molecular weight is 442 g/mol. The van der Waals surface area contributed by atoms with E-state index in [0.717, 1.165) is 11.3 Å². The Kier molecular flexibility index (Phi) is 4.30. The highest BCUT2D eigenvalue weighted by Gasteiger charge is 2.43. The molecule has 5 rings (SSSR count). The Morgan fingerprint density at radius 1 is 1.23 bits per heavy atom. The van der Waals surface area contributed by atoms with Crippen molar-refractivity contribution in [1.29, 1.82) is 0 Å². The number of carbonyl (C=O) groups excluding carboxylic acids is 1. The number of amides is 1. The van der Waals surface area contributed by atoms with Gasteiger partial charge in [-0.15, -0.1) is 0 Å². The molecule has 152 valence electrons. The predicted molar refractivity (Wildman–Crippen MR) is 113 cm³/mol. The second-order valence-corrected chi connectivity index (χ2v) is 8.70. The van der Waals surface area contributed by atoms with Crippen LogP contribution in [0.3, 0.4) is 0 Å². The zero-order chi connectivity index (χ0) is 21.0. The summed E-state index contributed by atoms with van der Waals surface area (Å²) in [4.78, 5) is 21.9. The van der Waals surface area contributed by atoms with Crippen molar-refractivity contribution in [2.75, 3.05) is 5.32 Å². The number of hydrogen-bond donors (Lipinski definition) is 1. The number of anilines is 1. The van der Waals surface area contributed by atoms with Gasteiger partial charge in [0, 0.05) is 35.6 Å². The van der Waals surface area contributed by atoms with Crippen LogP contribution in [0.15, 0.2) is 43.0 Å². The Balaban J connectivity index is 1.46. The molecule has 1 unspecified atom stereocenters. The molecule has 0 saturated carbocycles. The molecule has 1 amide bonds. The first kappa shape index (κ1) is 19.0. The largest absolute Gasteiger partial charge is 0.324 e. The van der Waals surface area contributed by atoms with Crippen molar-refractivity contribution >= 4 is 40.4 Å². The summed E-state index contributed by atoms with van der Waals surface area (Å²) < 4.78 is 3.30. The molecular formula is C20H17Cl2N7O. The Bertz CT molecular complexity index is 1280. The van der Waals surface area contributed by atoms with Gasteiger partial charge >= 0.3 is 0 Å². The Morgan fingerprint density at radius 3 is 2.80 bits per heavy atom. The summed E-state index contributed by atoms with van der Waals surface area (Å²) in [6.45, 7) is 4.18. The zero-order valence-electron chi connectivity index (χ0n) is 16.2. The number of carbonyl (C=O) groups is 1. The number of halogens is 2. The lowest BCUT2D eigenvalue weighted by Crippen LogP contribution is -2.21. The third kappa shape index (κ3) is 3.03. The van der Waals surface area contributed by atoms with E-state index in [-0.39, 0.29) is 17.2 Å². The summed E-state index contributed by atoms with van der Waals surface area (Å²) >= 11 is 12.4. The summed E-state index contributed by atoms with van der Waals surface area (Å²) in [5, 5.41) is 12.2. The van der Waals surface area contributed by atoms with Gasteiger partial charge in [0.1, 0.15) is 0 Å². The molecule has 0 saturated heterocycles. The van der Waals surface area contributed by atoms with Crippen LogP contribution in [-0.2, 0) is 10.2 Å². The van der Waals surface area contributed by atoms with Crippen molar-refractivity contribution in [2.24, 2.45) is 0 Å². The van der Waals surface area contributed by atoms with Crippen LogP contribution in [0.4, 0.5) is 5.69 Å². The van der Waals surface area contributed by atoms with E-state index < -0.39 is 0 Å². The fourth-order valence-corrected chi connectivity index (χ4v) is 4.52. The van der Waals surface area contributed by atoms with Crippen LogP contribution in [0.1, 0.15) is 37.4 Å². The summed E-state index contributed by atoms with van der Waals surface area (Å²) in [5.41, 5.74) is 2.71. The lowest BCUT2D eigenvalue weighted by atomic mass is 9.88. The molecule has 0 radical (unpaired) electrons. The van der Waals surface area contributed by atoms with E-state index in [4.69, 9.17) is 23.2 Å². The van der Waals surface area contributed by atoms with E-state index in [1.807, 2.05) is 0 Å². The van der Waals surface area contributed by atoms with E-state index in [1.54, 1.807) is 52.2 Å². The first-order valence-electron chi connectivity index (χ1n) is 9.34. The maximum absolute atomic E-state index is 13.1. The van der Waals surface area contributed by atoms with E-state index >= 15 is 0 Å². The number of nitrogens with zero attached hydrogens (tertiary/aromatic N) is 6. The lowest BCUT2D eigenvalue weighted by Gasteiger charge is -2.19. The predicted octanol–water partition coefficient (Wildman–Crippen LogP) is 4.02. The summed E-state index contributed by atoms with van der Waals surface area (Å²) in [5.74, 6) is -0.0282. The summed E-state index contributed by atoms with van der Waals surface area (Å²) in [6, 6.07) is 5.16. The highest BCUT2D eigenvalue weighted by atomic mass is 35.5. The second-order valence-electron chi connectivity index (χ2n) is 7.91. The minimum absolute atomic E-state index is 0.147. The van der Waals surface area contributed by atoms with E-state index in [9.17, 15) is 4.79 Å². The third-order valence-corrected chi connectivity index (χ3v) is 5.80. The van der Waals surface area contributed by atoms with Gasteiger partial charge in [0.25, 0.3) is 0 Å². The molecule has 0 aliphatic heterocycles. The Morgan fingerprint density at radius 2 is 2.07 bits per heavy atom. The first-order chi connectivity index (χ1) is 14.3. The maximum atomic E-state index is 13.1. The standard InChI is InChI=1S/C20H17Cl2N7O/c1-20(2)8-12(13-10-23-16-7-15(22)27-29(16)17(13)20)19(30)26-11-6-14(21)18(24-9-11)28-5-3-4-25-28/h3-7,9-10,12H,8H2,1-2H3,(H,26,30).